The van der Waals surface area contributed by atoms with Crippen LogP contribution in [0.1, 0.15) is 91.3 Å². The van der Waals surface area contributed by atoms with Gasteiger partial charge in [-0.05, 0) is 63.5 Å². The van der Waals surface area contributed by atoms with E-state index in [1.165, 1.54) is 5.57 Å². The van der Waals surface area contributed by atoms with E-state index in [1.54, 1.807) is 25.2 Å². The van der Waals surface area contributed by atoms with Crippen LogP contribution >= 0.6 is 11.3 Å². The summed E-state index contributed by atoms with van der Waals surface area (Å²) in [7, 11) is 0. The molecular formula is C28H44N2O3S. The molecule has 0 fully saturated rings. The van der Waals surface area contributed by atoms with E-state index in [1.807, 2.05) is 32.2 Å². The van der Waals surface area contributed by atoms with Gasteiger partial charge >= 0.3 is 0 Å². The molecule has 1 aromatic heterocycles. The highest BCUT2D eigenvalue weighted by molar-refractivity contribution is 7.09. The van der Waals surface area contributed by atoms with E-state index in [9.17, 15) is 14.7 Å². The third kappa shape index (κ3) is 7.61. The molecule has 2 rings (SSSR count). The van der Waals surface area contributed by atoms with Gasteiger partial charge in [-0.25, -0.2) is 4.98 Å². The van der Waals surface area contributed by atoms with Crippen LogP contribution in [-0.2, 0) is 9.59 Å². The Bertz CT molecular complexity index is 915. The fourth-order valence-corrected chi connectivity index (χ4v) is 5.26. The Balaban J connectivity index is 2.33. The number of aromatic nitrogens is 1. The van der Waals surface area contributed by atoms with Gasteiger partial charge in [0.15, 0.2) is 0 Å². The van der Waals surface area contributed by atoms with Crippen LogP contribution in [0.3, 0.4) is 0 Å². The predicted molar refractivity (Wildman–Crippen MR) is 142 cm³/mol. The van der Waals surface area contributed by atoms with Crippen molar-refractivity contribution >= 4 is 29.1 Å². The van der Waals surface area contributed by atoms with E-state index >= 15 is 0 Å². The average Bonchev–Trinajstić information content (AvgIpc) is 3.18. The van der Waals surface area contributed by atoms with Gasteiger partial charge in [0.1, 0.15) is 5.78 Å². The Morgan fingerprint density at radius 1 is 1.24 bits per heavy atom. The van der Waals surface area contributed by atoms with Crippen molar-refractivity contribution in [3.8, 4) is 0 Å². The number of carbonyl (C=O) groups is 2. The van der Waals surface area contributed by atoms with E-state index in [0.717, 1.165) is 35.5 Å². The van der Waals surface area contributed by atoms with Gasteiger partial charge in [-0.3, -0.25) is 9.59 Å². The molecule has 1 aromatic rings. The van der Waals surface area contributed by atoms with E-state index in [4.69, 9.17) is 0 Å². The van der Waals surface area contributed by atoms with Gasteiger partial charge in [-0.15, -0.1) is 11.3 Å². The molecule has 6 heteroatoms. The Labute approximate surface area is 210 Å². The topological polar surface area (TPSA) is 79.3 Å². The molecule has 1 aliphatic rings. The van der Waals surface area contributed by atoms with Crippen molar-refractivity contribution in [3.63, 3.8) is 0 Å². The summed E-state index contributed by atoms with van der Waals surface area (Å²) >= 11 is 1.60. The van der Waals surface area contributed by atoms with Crippen LogP contribution in [0.5, 0.6) is 0 Å². The molecule has 34 heavy (non-hydrogen) atoms. The molecule has 0 aromatic carbocycles. The molecule has 0 saturated carbocycles. The zero-order valence-corrected chi connectivity index (χ0v) is 23.1. The number of Topliss-reactive ketones (excluding diaryl/α,β-unsaturated/α-hetero) is 1. The van der Waals surface area contributed by atoms with Crippen LogP contribution in [0.25, 0.3) is 6.08 Å². The molecule has 2 N–H and O–H groups in total. The minimum atomic E-state index is -1.04. The summed E-state index contributed by atoms with van der Waals surface area (Å²) in [6, 6.07) is -0.193. The molecule has 0 radical (unpaired) electrons. The van der Waals surface area contributed by atoms with Crippen molar-refractivity contribution < 1.29 is 14.7 Å². The Morgan fingerprint density at radius 3 is 2.53 bits per heavy atom. The average molecular weight is 489 g/mol. The molecule has 5 nitrogen and oxygen atoms in total. The number of ketones is 1. The molecule has 1 aliphatic heterocycles. The Hall–Kier alpha value is -1.79. The number of aliphatic hydroxyl groups is 1. The second kappa shape index (κ2) is 12.3. The molecule has 0 bridgehead atoms. The van der Waals surface area contributed by atoms with Gasteiger partial charge in [0.2, 0.25) is 5.91 Å². The lowest BCUT2D eigenvalue weighted by Crippen LogP contribution is -2.46. The Kier molecular flexibility index (Phi) is 10.3. The maximum absolute atomic E-state index is 13.3. The zero-order chi connectivity index (χ0) is 25.6. The standard InChI is InChI=1S/C28H44N2O3S/c1-17-10-9-11-18(2)20(4)21(5)27(33)28(7,8)25(31)15-26(32)30-24(13-12-17)19(3)14-23-16-34-22(6)29-23/h12,14,16,18,20-21,24-25,31H,9-11,13,15H2,1-8H3,(H,30,32)/b17-12-,19-14+/t18-,20-,21+,24?,25?/m0/s1. The summed E-state index contributed by atoms with van der Waals surface area (Å²) < 4.78 is 0. The third-order valence-electron chi connectivity index (χ3n) is 7.78. The van der Waals surface area contributed by atoms with Crippen molar-refractivity contribution in [2.45, 2.75) is 99.6 Å². The Morgan fingerprint density at radius 2 is 1.91 bits per heavy atom. The van der Waals surface area contributed by atoms with Gasteiger partial charge in [-0.1, -0.05) is 52.7 Å². The summed E-state index contributed by atoms with van der Waals surface area (Å²) in [4.78, 5) is 30.9. The molecule has 2 heterocycles. The van der Waals surface area contributed by atoms with E-state index < -0.39 is 11.5 Å². The highest BCUT2D eigenvalue weighted by Gasteiger charge is 2.41. The normalized spacial score (nSPS) is 32.1. The first-order valence-corrected chi connectivity index (χ1v) is 13.5. The monoisotopic (exact) mass is 488 g/mol. The third-order valence-corrected chi connectivity index (χ3v) is 8.57. The minimum Gasteiger partial charge on any atom is -0.392 e. The van der Waals surface area contributed by atoms with Gasteiger partial charge in [0.25, 0.3) is 0 Å². The molecule has 2 unspecified atom stereocenters. The van der Waals surface area contributed by atoms with Crippen molar-refractivity contribution in [1.82, 2.24) is 10.3 Å². The summed E-state index contributed by atoms with van der Waals surface area (Å²) in [5, 5.41) is 17.1. The lowest BCUT2D eigenvalue weighted by atomic mass is 9.70. The summed E-state index contributed by atoms with van der Waals surface area (Å²) in [5.74, 6) is 0.244. The van der Waals surface area contributed by atoms with Crippen LogP contribution in [-0.4, -0.2) is 33.9 Å². The van der Waals surface area contributed by atoms with Crippen molar-refractivity contribution in [3.05, 3.63) is 33.3 Å². The largest absolute Gasteiger partial charge is 0.392 e. The van der Waals surface area contributed by atoms with Crippen molar-refractivity contribution in [2.75, 3.05) is 0 Å². The molecule has 0 saturated heterocycles. The second-order valence-corrected chi connectivity index (χ2v) is 12.0. The second-order valence-electron chi connectivity index (χ2n) is 10.9. The number of thiazole rings is 1. The summed E-state index contributed by atoms with van der Waals surface area (Å²) in [6.07, 6.45) is 6.94. The van der Waals surface area contributed by atoms with Crippen LogP contribution < -0.4 is 5.32 Å². The van der Waals surface area contributed by atoms with Crippen molar-refractivity contribution in [2.24, 2.45) is 23.2 Å². The highest BCUT2D eigenvalue weighted by atomic mass is 32.1. The molecule has 0 aliphatic carbocycles. The van der Waals surface area contributed by atoms with Crippen LogP contribution in [0.2, 0.25) is 0 Å². The van der Waals surface area contributed by atoms with Gasteiger partial charge < -0.3 is 10.4 Å². The fraction of sp³-hybridized carbons (Fsp3) is 0.679. The number of hydrogen-bond acceptors (Lipinski definition) is 5. The quantitative estimate of drug-likeness (QED) is 0.492. The molecule has 190 valence electrons. The summed E-state index contributed by atoms with van der Waals surface area (Å²) in [6.45, 7) is 16.0. The first kappa shape index (κ1) is 28.4. The summed E-state index contributed by atoms with van der Waals surface area (Å²) in [5.41, 5.74) is 2.24. The van der Waals surface area contributed by atoms with E-state index in [-0.39, 0.29) is 36.0 Å². The predicted octanol–water partition coefficient (Wildman–Crippen LogP) is 6.11. The maximum Gasteiger partial charge on any atom is 0.223 e. The zero-order valence-electron chi connectivity index (χ0n) is 22.3. The van der Waals surface area contributed by atoms with Crippen LogP contribution in [0.15, 0.2) is 22.6 Å². The molecule has 0 spiro atoms. The number of hydrogen-bond donors (Lipinski definition) is 2. The number of nitrogens with zero attached hydrogens (tertiary/aromatic N) is 1. The first-order valence-electron chi connectivity index (χ1n) is 12.6. The highest BCUT2D eigenvalue weighted by Crippen LogP contribution is 2.34. The SMILES string of the molecule is C/C1=C/CC(/C(C)=C/c2csc(C)n2)NC(=O)CC(O)C(C)(C)C(=O)[C@H](C)[C@@H](C)[C@@H](C)CCC1. The molecule has 5 atom stereocenters. The smallest absolute Gasteiger partial charge is 0.223 e. The number of rotatable bonds is 2. The number of aryl methyl sites for hydroxylation is 1. The lowest BCUT2D eigenvalue weighted by Gasteiger charge is -2.35. The molecular weight excluding hydrogens is 444 g/mol. The minimum absolute atomic E-state index is 0.0295. The lowest BCUT2D eigenvalue weighted by molar-refractivity contribution is -0.140. The first-order chi connectivity index (χ1) is 15.8. The fourth-order valence-electron chi connectivity index (χ4n) is 4.69. The van der Waals surface area contributed by atoms with E-state index in [2.05, 4.69) is 37.1 Å². The molecule has 1 amide bonds. The number of nitrogens with one attached hydrogen (secondary N) is 1. The number of allylic oxidation sites excluding steroid dienone is 1. The van der Waals surface area contributed by atoms with Crippen LogP contribution in [0, 0.1) is 30.1 Å². The van der Waals surface area contributed by atoms with Gasteiger partial charge in [0.05, 0.1) is 34.7 Å². The van der Waals surface area contributed by atoms with Crippen molar-refractivity contribution in [1.29, 1.82) is 0 Å². The number of carbonyl (C=O) groups excluding carboxylic acids is 2. The van der Waals surface area contributed by atoms with Gasteiger partial charge in [0, 0.05) is 11.3 Å². The van der Waals surface area contributed by atoms with Gasteiger partial charge in [-0.2, -0.15) is 0 Å². The maximum atomic E-state index is 13.3. The van der Waals surface area contributed by atoms with Crippen LogP contribution in [0.4, 0.5) is 0 Å². The number of aliphatic hydroxyl groups excluding tert-OH is 1. The van der Waals surface area contributed by atoms with E-state index in [0.29, 0.717) is 12.3 Å². The number of amides is 1.